The van der Waals surface area contributed by atoms with Crippen molar-refractivity contribution >= 4 is 22.9 Å². The Labute approximate surface area is 94.4 Å². The van der Waals surface area contributed by atoms with Gasteiger partial charge in [0.2, 0.25) is 5.28 Å². The number of hydrogen-bond donors (Lipinski definition) is 0. The molecule has 0 spiro atoms. The molecule has 0 saturated carbocycles. The van der Waals surface area contributed by atoms with Crippen LogP contribution in [-0.2, 0) is 0 Å². The van der Waals surface area contributed by atoms with E-state index in [9.17, 15) is 8.78 Å². The van der Waals surface area contributed by atoms with Crippen molar-refractivity contribution in [1.29, 1.82) is 0 Å². The van der Waals surface area contributed by atoms with Crippen molar-refractivity contribution in [2.75, 3.05) is 18.0 Å². The van der Waals surface area contributed by atoms with E-state index in [2.05, 4.69) is 10.1 Å². The average molecular weight is 245 g/mol. The maximum atomic E-state index is 12.7. The summed E-state index contributed by atoms with van der Waals surface area (Å²) in [4.78, 5) is 5.54. The third-order valence-electron chi connectivity index (χ3n) is 2.50. The third kappa shape index (κ3) is 1.49. The fraction of sp³-hybridized carbons (Fsp3) is 0.333. The molecule has 1 saturated heterocycles. The molecule has 1 aliphatic heterocycles. The van der Waals surface area contributed by atoms with E-state index in [0.717, 1.165) is 0 Å². The van der Waals surface area contributed by atoms with E-state index < -0.39 is 5.92 Å². The summed E-state index contributed by atoms with van der Waals surface area (Å²) < 4.78 is 26.9. The lowest BCUT2D eigenvalue weighted by molar-refractivity contribution is -0.0262. The maximum absolute atomic E-state index is 12.7. The van der Waals surface area contributed by atoms with Crippen LogP contribution in [0, 0.1) is 0 Å². The van der Waals surface area contributed by atoms with Crippen molar-refractivity contribution in [2.24, 2.45) is 0 Å². The van der Waals surface area contributed by atoms with Gasteiger partial charge in [0.05, 0.1) is 13.1 Å². The minimum atomic E-state index is -2.57. The number of rotatable bonds is 1. The zero-order valence-corrected chi connectivity index (χ0v) is 8.82. The van der Waals surface area contributed by atoms with Crippen molar-refractivity contribution < 1.29 is 8.78 Å². The minimum Gasteiger partial charge on any atom is -0.359 e. The molecule has 0 bridgehead atoms. The van der Waals surface area contributed by atoms with E-state index >= 15 is 0 Å². The number of hydrogen-bond acceptors (Lipinski definition) is 3. The Balaban J connectivity index is 1.94. The standard InChI is InChI=1S/C9H7ClF2N4/c10-8-13-7-3-6(1-2-16(7)14-8)15-4-9(11,12)5-15/h1-3H,4-5H2. The van der Waals surface area contributed by atoms with Gasteiger partial charge in [-0.25, -0.2) is 13.3 Å². The Morgan fingerprint density at radius 2 is 2.12 bits per heavy atom. The van der Waals surface area contributed by atoms with Crippen LogP contribution >= 0.6 is 11.6 Å². The highest BCUT2D eigenvalue weighted by atomic mass is 35.5. The first-order chi connectivity index (χ1) is 7.53. The van der Waals surface area contributed by atoms with E-state index in [-0.39, 0.29) is 18.4 Å². The Morgan fingerprint density at radius 1 is 1.38 bits per heavy atom. The quantitative estimate of drug-likeness (QED) is 0.768. The Morgan fingerprint density at radius 3 is 2.81 bits per heavy atom. The summed E-state index contributed by atoms with van der Waals surface area (Å²) in [6.45, 7) is -0.490. The van der Waals surface area contributed by atoms with E-state index in [0.29, 0.717) is 11.3 Å². The van der Waals surface area contributed by atoms with Crippen molar-refractivity contribution in [3.05, 3.63) is 23.6 Å². The molecular weight excluding hydrogens is 238 g/mol. The molecule has 7 heteroatoms. The number of halogens is 3. The van der Waals surface area contributed by atoms with Crippen LogP contribution in [0.1, 0.15) is 0 Å². The summed E-state index contributed by atoms with van der Waals surface area (Å²) in [5.41, 5.74) is 1.26. The molecule has 3 rings (SSSR count). The van der Waals surface area contributed by atoms with Crippen LogP contribution in [0.2, 0.25) is 5.28 Å². The topological polar surface area (TPSA) is 33.4 Å². The lowest BCUT2D eigenvalue weighted by Gasteiger charge is -2.40. The predicted octanol–water partition coefficient (Wildman–Crippen LogP) is 1.84. The van der Waals surface area contributed by atoms with Crippen LogP contribution in [0.25, 0.3) is 5.65 Å². The van der Waals surface area contributed by atoms with E-state index in [1.807, 2.05) is 0 Å². The number of nitrogens with zero attached hydrogens (tertiary/aromatic N) is 4. The molecule has 3 heterocycles. The van der Waals surface area contributed by atoms with E-state index in [1.165, 1.54) is 4.52 Å². The Bertz CT molecular complexity index is 545. The molecule has 2 aromatic heterocycles. The van der Waals surface area contributed by atoms with Crippen molar-refractivity contribution in [1.82, 2.24) is 14.6 Å². The summed E-state index contributed by atoms with van der Waals surface area (Å²) in [5, 5.41) is 4.03. The molecule has 84 valence electrons. The second-order valence-electron chi connectivity index (χ2n) is 3.78. The van der Waals surface area contributed by atoms with Crippen molar-refractivity contribution in [3.63, 3.8) is 0 Å². The van der Waals surface area contributed by atoms with Crippen LogP contribution in [0.4, 0.5) is 14.5 Å². The molecule has 0 atom stereocenters. The molecule has 0 unspecified atom stereocenters. The zero-order valence-electron chi connectivity index (χ0n) is 8.07. The van der Waals surface area contributed by atoms with Gasteiger partial charge < -0.3 is 4.90 Å². The summed E-state index contributed by atoms with van der Waals surface area (Å²) in [7, 11) is 0. The molecule has 0 radical (unpaired) electrons. The first-order valence-corrected chi connectivity index (χ1v) is 5.06. The van der Waals surface area contributed by atoms with Gasteiger partial charge in [0.15, 0.2) is 5.65 Å². The SMILES string of the molecule is FC1(F)CN(c2ccn3nc(Cl)nc3c2)C1. The molecule has 4 nitrogen and oxygen atoms in total. The lowest BCUT2D eigenvalue weighted by Crippen LogP contribution is -2.56. The maximum Gasteiger partial charge on any atom is 0.282 e. The normalized spacial score (nSPS) is 18.8. The molecule has 1 fully saturated rings. The van der Waals surface area contributed by atoms with Gasteiger partial charge in [-0.05, 0) is 17.7 Å². The van der Waals surface area contributed by atoms with Crippen molar-refractivity contribution in [2.45, 2.75) is 5.92 Å². The number of fused-ring (bicyclic) bond motifs is 1. The molecule has 0 amide bonds. The Kier molecular flexibility index (Phi) is 1.85. The summed E-state index contributed by atoms with van der Waals surface area (Å²) in [6.07, 6.45) is 1.65. The highest BCUT2D eigenvalue weighted by Crippen LogP contribution is 2.31. The van der Waals surface area contributed by atoms with Gasteiger partial charge >= 0.3 is 0 Å². The summed E-state index contributed by atoms with van der Waals surface area (Å²) in [5.74, 6) is -2.57. The summed E-state index contributed by atoms with van der Waals surface area (Å²) >= 11 is 5.63. The van der Waals surface area contributed by atoms with Crippen LogP contribution in [0.3, 0.4) is 0 Å². The van der Waals surface area contributed by atoms with Gasteiger partial charge in [-0.1, -0.05) is 0 Å². The van der Waals surface area contributed by atoms with E-state index in [1.54, 1.807) is 23.2 Å². The number of alkyl halides is 2. The fourth-order valence-electron chi connectivity index (χ4n) is 1.74. The predicted molar refractivity (Wildman–Crippen MR) is 55.2 cm³/mol. The van der Waals surface area contributed by atoms with Gasteiger partial charge in [-0.2, -0.15) is 4.98 Å². The van der Waals surface area contributed by atoms with Crippen LogP contribution in [0.15, 0.2) is 18.3 Å². The second-order valence-corrected chi connectivity index (χ2v) is 4.12. The zero-order chi connectivity index (χ0) is 11.3. The van der Waals surface area contributed by atoms with Crippen LogP contribution in [-0.4, -0.2) is 33.6 Å². The number of anilines is 1. The van der Waals surface area contributed by atoms with Gasteiger partial charge in [0, 0.05) is 18.0 Å². The molecular formula is C9H7ClF2N4. The number of aromatic nitrogens is 3. The van der Waals surface area contributed by atoms with Gasteiger partial charge in [0.25, 0.3) is 5.92 Å². The average Bonchev–Trinajstić information content (AvgIpc) is 2.52. The molecule has 0 aliphatic carbocycles. The smallest absolute Gasteiger partial charge is 0.282 e. The van der Waals surface area contributed by atoms with Gasteiger partial charge in [0.1, 0.15) is 0 Å². The first kappa shape index (κ1) is 9.77. The summed E-state index contributed by atoms with van der Waals surface area (Å²) in [6, 6.07) is 3.40. The largest absolute Gasteiger partial charge is 0.359 e. The minimum absolute atomic E-state index is 0.145. The number of pyridine rings is 1. The molecule has 2 aromatic rings. The Hall–Kier alpha value is -1.43. The fourth-order valence-corrected chi connectivity index (χ4v) is 1.90. The van der Waals surface area contributed by atoms with Gasteiger partial charge in [-0.3, -0.25) is 0 Å². The van der Waals surface area contributed by atoms with Crippen molar-refractivity contribution in [3.8, 4) is 0 Å². The monoisotopic (exact) mass is 244 g/mol. The second kappa shape index (κ2) is 3.04. The van der Waals surface area contributed by atoms with Crippen LogP contribution < -0.4 is 4.90 Å². The lowest BCUT2D eigenvalue weighted by atomic mass is 10.1. The third-order valence-corrected chi connectivity index (χ3v) is 2.66. The molecule has 16 heavy (non-hydrogen) atoms. The first-order valence-electron chi connectivity index (χ1n) is 4.68. The van der Waals surface area contributed by atoms with E-state index in [4.69, 9.17) is 11.6 Å². The highest BCUT2D eigenvalue weighted by Gasteiger charge is 2.43. The van der Waals surface area contributed by atoms with Crippen LogP contribution in [0.5, 0.6) is 0 Å². The molecule has 0 N–H and O–H groups in total. The molecule has 1 aliphatic rings. The highest BCUT2D eigenvalue weighted by molar-refractivity contribution is 6.28. The van der Waals surface area contributed by atoms with Gasteiger partial charge in [-0.15, -0.1) is 5.10 Å². The molecule has 0 aromatic carbocycles.